The van der Waals surface area contributed by atoms with E-state index in [2.05, 4.69) is 5.32 Å². The quantitative estimate of drug-likeness (QED) is 0.524. The number of rotatable bonds is 2. The molecule has 0 atom stereocenters. The standard InChI is InChI=1S/C8H13N3O3/c1-9-3-6(12)11-4-7(13)10(2)8(14)5-11/h9H,3-5H2,1-2H3. The van der Waals surface area contributed by atoms with E-state index in [0.717, 1.165) is 4.90 Å². The van der Waals surface area contributed by atoms with Gasteiger partial charge in [0.2, 0.25) is 17.7 Å². The van der Waals surface area contributed by atoms with Gasteiger partial charge < -0.3 is 10.2 Å². The number of amides is 3. The molecule has 1 aliphatic heterocycles. The maximum absolute atomic E-state index is 11.3. The van der Waals surface area contributed by atoms with E-state index in [9.17, 15) is 14.4 Å². The number of hydrogen-bond donors (Lipinski definition) is 1. The molecule has 0 bridgehead atoms. The van der Waals surface area contributed by atoms with Gasteiger partial charge >= 0.3 is 0 Å². The summed E-state index contributed by atoms with van der Waals surface area (Å²) in [6.45, 7) is 0.121. The molecule has 0 radical (unpaired) electrons. The number of carbonyl (C=O) groups is 3. The monoisotopic (exact) mass is 199 g/mol. The zero-order valence-electron chi connectivity index (χ0n) is 8.24. The van der Waals surface area contributed by atoms with Crippen molar-refractivity contribution in [2.75, 3.05) is 33.7 Å². The first-order valence-corrected chi connectivity index (χ1v) is 4.28. The van der Waals surface area contributed by atoms with Gasteiger partial charge in [0.25, 0.3) is 0 Å². The smallest absolute Gasteiger partial charge is 0.248 e. The molecule has 14 heavy (non-hydrogen) atoms. The third-order valence-electron chi connectivity index (χ3n) is 2.08. The van der Waals surface area contributed by atoms with Crippen molar-refractivity contribution < 1.29 is 14.4 Å². The zero-order valence-corrected chi connectivity index (χ0v) is 8.24. The lowest BCUT2D eigenvalue weighted by atomic mass is 10.3. The number of likely N-dealkylation sites (N-methyl/N-ethyl adjacent to an activating group) is 2. The minimum atomic E-state index is -0.342. The summed E-state index contributed by atoms with van der Waals surface area (Å²) in [6, 6.07) is 0. The fraction of sp³-hybridized carbons (Fsp3) is 0.625. The molecule has 0 aromatic rings. The Labute approximate surface area is 81.8 Å². The summed E-state index contributed by atoms with van der Waals surface area (Å²) in [4.78, 5) is 36.1. The van der Waals surface area contributed by atoms with Crippen LogP contribution in [0.5, 0.6) is 0 Å². The van der Waals surface area contributed by atoms with Crippen molar-refractivity contribution in [2.24, 2.45) is 0 Å². The number of piperazine rings is 1. The van der Waals surface area contributed by atoms with Gasteiger partial charge in [-0.3, -0.25) is 19.3 Å². The lowest BCUT2D eigenvalue weighted by Gasteiger charge is -2.30. The molecule has 0 aliphatic carbocycles. The van der Waals surface area contributed by atoms with Crippen LogP contribution in [0.25, 0.3) is 0 Å². The first-order valence-electron chi connectivity index (χ1n) is 4.28. The second kappa shape index (κ2) is 4.19. The topological polar surface area (TPSA) is 69.7 Å². The van der Waals surface area contributed by atoms with E-state index >= 15 is 0 Å². The molecule has 0 aromatic carbocycles. The SMILES string of the molecule is CNCC(=O)N1CC(=O)N(C)C(=O)C1. The van der Waals surface area contributed by atoms with Crippen molar-refractivity contribution in [3.63, 3.8) is 0 Å². The minimum absolute atomic E-state index is 0.0112. The Kier molecular flexibility index (Phi) is 3.19. The van der Waals surface area contributed by atoms with Crippen LogP contribution in [-0.2, 0) is 14.4 Å². The van der Waals surface area contributed by atoms with Crippen LogP contribution in [0.3, 0.4) is 0 Å². The Morgan fingerprint density at radius 1 is 1.36 bits per heavy atom. The number of nitrogens with one attached hydrogen (secondary N) is 1. The van der Waals surface area contributed by atoms with Crippen LogP contribution in [0, 0.1) is 0 Å². The van der Waals surface area contributed by atoms with Crippen molar-refractivity contribution >= 4 is 17.7 Å². The van der Waals surface area contributed by atoms with E-state index in [4.69, 9.17) is 0 Å². The number of nitrogens with zero attached hydrogens (tertiary/aromatic N) is 2. The lowest BCUT2D eigenvalue weighted by Crippen LogP contribution is -2.55. The third-order valence-corrected chi connectivity index (χ3v) is 2.08. The van der Waals surface area contributed by atoms with Gasteiger partial charge in [-0.15, -0.1) is 0 Å². The predicted molar refractivity (Wildman–Crippen MR) is 48.3 cm³/mol. The Balaban J connectivity index is 2.62. The van der Waals surface area contributed by atoms with E-state index in [0.29, 0.717) is 0 Å². The van der Waals surface area contributed by atoms with Crippen LogP contribution in [0.4, 0.5) is 0 Å². The maximum Gasteiger partial charge on any atom is 0.248 e. The maximum atomic E-state index is 11.3. The highest BCUT2D eigenvalue weighted by Crippen LogP contribution is 2.02. The molecule has 1 rings (SSSR count). The normalized spacial score (nSPS) is 17.6. The van der Waals surface area contributed by atoms with Crippen LogP contribution < -0.4 is 5.32 Å². The Morgan fingerprint density at radius 2 is 1.86 bits per heavy atom. The molecule has 1 heterocycles. The molecule has 0 spiro atoms. The van der Waals surface area contributed by atoms with Crippen molar-refractivity contribution in [3.8, 4) is 0 Å². The van der Waals surface area contributed by atoms with Crippen molar-refractivity contribution in [1.29, 1.82) is 0 Å². The molecule has 6 nitrogen and oxygen atoms in total. The fourth-order valence-corrected chi connectivity index (χ4v) is 1.17. The fourth-order valence-electron chi connectivity index (χ4n) is 1.17. The van der Waals surface area contributed by atoms with Crippen LogP contribution in [0.15, 0.2) is 0 Å². The van der Waals surface area contributed by atoms with Crippen LogP contribution in [-0.4, -0.2) is 61.3 Å². The van der Waals surface area contributed by atoms with Gasteiger partial charge in [-0.25, -0.2) is 0 Å². The van der Waals surface area contributed by atoms with E-state index < -0.39 is 0 Å². The lowest BCUT2D eigenvalue weighted by molar-refractivity contribution is -0.154. The van der Waals surface area contributed by atoms with E-state index in [-0.39, 0.29) is 37.4 Å². The van der Waals surface area contributed by atoms with Gasteiger partial charge in [-0.1, -0.05) is 0 Å². The molecule has 1 N–H and O–H groups in total. The second-order valence-corrected chi connectivity index (χ2v) is 3.13. The Hall–Kier alpha value is -1.43. The molecule has 1 saturated heterocycles. The van der Waals surface area contributed by atoms with Crippen molar-refractivity contribution in [1.82, 2.24) is 15.1 Å². The van der Waals surface area contributed by atoms with Gasteiger partial charge in [-0.2, -0.15) is 0 Å². The Bertz CT molecular complexity index is 259. The van der Waals surface area contributed by atoms with Crippen LogP contribution >= 0.6 is 0 Å². The van der Waals surface area contributed by atoms with Gasteiger partial charge in [0, 0.05) is 7.05 Å². The predicted octanol–water partition coefficient (Wildman–Crippen LogP) is -1.97. The molecule has 0 unspecified atom stereocenters. The summed E-state index contributed by atoms with van der Waals surface area (Å²) in [7, 11) is 3.06. The largest absolute Gasteiger partial charge is 0.323 e. The average molecular weight is 199 g/mol. The summed E-state index contributed by atoms with van der Waals surface area (Å²) < 4.78 is 0. The summed E-state index contributed by atoms with van der Waals surface area (Å²) in [6.07, 6.45) is 0. The van der Waals surface area contributed by atoms with Gasteiger partial charge in [0.1, 0.15) is 13.1 Å². The highest BCUT2D eigenvalue weighted by molar-refractivity contribution is 6.02. The highest BCUT2D eigenvalue weighted by Gasteiger charge is 2.30. The minimum Gasteiger partial charge on any atom is -0.323 e. The molecule has 1 fully saturated rings. The van der Waals surface area contributed by atoms with E-state index in [1.54, 1.807) is 7.05 Å². The van der Waals surface area contributed by atoms with Gasteiger partial charge in [0.15, 0.2) is 0 Å². The molecule has 78 valence electrons. The number of carbonyl (C=O) groups excluding carboxylic acids is 3. The summed E-state index contributed by atoms with van der Waals surface area (Å²) in [5.41, 5.74) is 0. The second-order valence-electron chi connectivity index (χ2n) is 3.13. The molecular formula is C8H13N3O3. The summed E-state index contributed by atoms with van der Waals surface area (Å²) >= 11 is 0. The van der Waals surface area contributed by atoms with Crippen LogP contribution in [0.2, 0.25) is 0 Å². The van der Waals surface area contributed by atoms with Crippen molar-refractivity contribution in [3.05, 3.63) is 0 Å². The van der Waals surface area contributed by atoms with Crippen molar-refractivity contribution in [2.45, 2.75) is 0 Å². The van der Waals surface area contributed by atoms with E-state index in [1.165, 1.54) is 11.9 Å². The summed E-state index contributed by atoms with van der Waals surface area (Å²) in [5, 5.41) is 2.68. The number of imide groups is 1. The molecule has 0 saturated carbocycles. The first kappa shape index (κ1) is 10.6. The molecule has 0 aromatic heterocycles. The van der Waals surface area contributed by atoms with Gasteiger partial charge in [0.05, 0.1) is 6.54 Å². The van der Waals surface area contributed by atoms with Crippen LogP contribution in [0.1, 0.15) is 0 Å². The first-order chi connectivity index (χ1) is 6.56. The molecular weight excluding hydrogens is 186 g/mol. The highest BCUT2D eigenvalue weighted by atomic mass is 16.2. The zero-order chi connectivity index (χ0) is 10.7. The molecule has 6 heteroatoms. The van der Waals surface area contributed by atoms with E-state index in [1.807, 2.05) is 0 Å². The van der Waals surface area contributed by atoms with Gasteiger partial charge in [-0.05, 0) is 7.05 Å². The molecule has 3 amide bonds. The summed E-state index contributed by atoms with van der Waals surface area (Å²) in [5.74, 6) is -0.918. The average Bonchev–Trinajstić information content (AvgIpc) is 2.13. The third kappa shape index (κ3) is 2.08. The molecule has 1 aliphatic rings. The Morgan fingerprint density at radius 3 is 2.29 bits per heavy atom. The number of hydrogen-bond acceptors (Lipinski definition) is 4.